The molecule has 0 radical (unpaired) electrons. The van der Waals surface area contributed by atoms with Crippen LogP contribution in [-0.4, -0.2) is 40.3 Å². The van der Waals surface area contributed by atoms with Crippen LogP contribution in [0.1, 0.15) is 12.8 Å². The number of ether oxygens (including phenoxy) is 1. The molecule has 2 N–H and O–H groups in total. The molecule has 0 aromatic rings. The first kappa shape index (κ1) is 9.36. The van der Waals surface area contributed by atoms with Crippen LogP contribution in [0.4, 0.5) is 0 Å². The minimum atomic E-state index is -1.46. The molecule has 1 aliphatic heterocycles. The normalized spacial score (nSPS) is 37.8. The van der Waals surface area contributed by atoms with Crippen LogP contribution < -0.4 is 0 Å². The van der Waals surface area contributed by atoms with E-state index in [1.807, 2.05) is 0 Å². The topological polar surface area (TPSA) is 87.1 Å². The summed E-state index contributed by atoms with van der Waals surface area (Å²) in [6.07, 6.45) is 1.23. The first-order chi connectivity index (χ1) is 6.59. The summed E-state index contributed by atoms with van der Waals surface area (Å²) >= 11 is 0. The Bertz CT molecular complexity index is 319. The summed E-state index contributed by atoms with van der Waals surface area (Å²) in [6, 6.07) is 0. The molecule has 14 heavy (non-hydrogen) atoms. The predicted octanol–water partition coefficient (Wildman–Crippen LogP) is -0.511. The van der Waals surface area contributed by atoms with Gasteiger partial charge in [-0.3, -0.25) is 4.79 Å². The number of ketones is 1. The lowest BCUT2D eigenvalue weighted by molar-refractivity contribution is -0.146. The van der Waals surface area contributed by atoms with Crippen molar-refractivity contribution in [3.8, 4) is 0 Å². The minimum Gasteiger partial charge on any atom is -0.475 e. The second-order valence-electron chi connectivity index (χ2n) is 3.52. The molecule has 5 nitrogen and oxygen atoms in total. The molecule has 5 heteroatoms. The molecular weight excluding hydrogens is 188 g/mol. The number of aliphatic hydroxyl groups excluding tert-OH is 1. The second kappa shape index (κ2) is 3.18. The molecule has 76 valence electrons. The monoisotopic (exact) mass is 198 g/mol. The lowest BCUT2D eigenvalue weighted by atomic mass is 9.92. The summed E-state index contributed by atoms with van der Waals surface area (Å²) in [4.78, 5) is 21.1. The average Bonchev–Trinajstić information content (AvgIpc) is 2.89. The van der Waals surface area contributed by atoms with Crippen molar-refractivity contribution in [2.75, 3.05) is 0 Å². The SMILES string of the molecule is O=C(O)C(=O)/C=C1/CC[C@@H](O)[C@@H]2O[C@H]12. The summed E-state index contributed by atoms with van der Waals surface area (Å²) in [7, 11) is 0. The molecule has 0 aromatic heterocycles. The molecule has 1 saturated heterocycles. The smallest absolute Gasteiger partial charge is 0.376 e. The molecule has 0 unspecified atom stereocenters. The third-order valence-electron chi connectivity index (χ3n) is 2.53. The maximum absolute atomic E-state index is 10.9. The molecule has 3 atom stereocenters. The van der Waals surface area contributed by atoms with E-state index in [4.69, 9.17) is 9.84 Å². The molecule has 2 aliphatic rings. The van der Waals surface area contributed by atoms with Crippen LogP contribution in [0.5, 0.6) is 0 Å². The van der Waals surface area contributed by atoms with E-state index >= 15 is 0 Å². The van der Waals surface area contributed by atoms with Crippen LogP contribution in [0.15, 0.2) is 11.6 Å². The maximum atomic E-state index is 10.9. The molecule has 1 aliphatic carbocycles. The summed E-state index contributed by atoms with van der Waals surface area (Å²) < 4.78 is 5.12. The fraction of sp³-hybridized carbons (Fsp3) is 0.556. The van der Waals surface area contributed by atoms with Crippen molar-refractivity contribution in [1.82, 2.24) is 0 Å². The summed E-state index contributed by atoms with van der Waals surface area (Å²) in [6.45, 7) is 0. The number of carboxylic acid groups (broad SMARTS) is 1. The van der Waals surface area contributed by atoms with Gasteiger partial charge in [-0.05, 0) is 24.5 Å². The van der Waals surface area contributed by atoms with Gasteiger partial charge in [0.1, 0.15) is 12.2 Å². The van der Waals surface area contributed by atoms with E-state index in [-0.39, 0.29) is 12.2 Å². The van der Waals surface area contributed by atoms with Gasteiger partial charge in [-0.25, -0.2) is 4.79 Å². The number of hydrogen-bond acceptors (Lipinski definition) is 4. The Morgan fingerprint density at radius 3 is 2.86 bits per heavy atom. The molecule has 0 bridgehead atoms. The van der Waals surface area contributed by atoms with Gasteiger partial charge in [0.15, 0.2) is 0 Å². The standard InChI is InChI=1S/C9H10O5/c10-5-2-1-4(7-8(5)14-7)3-6(11)9(12)13/h3,5,7-8,10H,1-2H2,(H,12,13)/b4-3-/t5-,7-,8+/m1/s1. The molecule has 2 fully saturated rings. The Labute approximate surface area is 80.0 Å². The van der Waals surface area contributed by atoms with Crippen molar-refractivity contribution >= 4 is 11.8 Å². The highest BCUT2D eigenvalue weighted by atomic mass is 16.6. The fourth-order valence-corrected chi connectivity index (χ4v) is 1.72. The van der Waals surface area contributed by atoms with Gasteiger partial charge in [-0.15, -0.1) is 0 Å². The van der Waals surface area contributed by atoms with Crippen molar-refractivity contribution in [3.05, 3.63) is 11.6 Å². The highest BCUT2D eigenvalue weighted by Crippen LogP contribution is 2.40. The van der Waals surface area contributed by atoms with Gasteiger partial charge >= 0.3 is 5.97 Å². The van der Waals surface area contributed by atoms with Gasteiger partial charge in [0.2, 0.25) is 0 Å². The van der Waals surface area contributed by atoms with Crippen LogP contribution in [0.2, 0.25) is 0 Å². The van der Waals surface area contributed by atoms with Gasteiger partial charge in [0, 0.05) is 0 Å². The third-order valence-corrected chi connectivity index (χ3v) is 2.53. The molecule has 2 rings (SSSR count). The number of carbonyl (C=O) groups excluding carboxylic acids is 1. The van der Waals surface area contributed by atoms with Crippen LogP contribution in [0.3, 0.4) is 0 Å². The van der Waals surface area contributed by atoms with Crippen molar-refractivity contribution in [1.29, 1.82) is 0 Å². The van der Waals surface area contributed by atoms with Gasteiger partial charge in [-0.1, -0.05) is 0 Å². The number of fused-ring (bicyclic) bond motifs is 1. The third kappa shape index (κ3) is 1.56. The molecule has 1 heterocycles. The first-order valence-corrected chi connectivity index (χ1v) is 4.41. The summed E-state index contributed by atoms with van der Waals surface area (Å²) in [5.41, 5.74) is 0.688. The number of epoxide rings is 1. The quantitative estimate of drug-likeness (QED) is 0.354. The van der Waals surface area contributed by atoms with Crippen LogP contribution in [-0.2, 0) is 14.3 Å². The van der Waals surface area contributed by atoms with E-state index < -0.39 is 17.9 Å². The van der Waals surface area contributed by atoms with Crippen LogP contribution in [0.25, 0.3) is 0 Å². The number of rotatable bonds is 2. The number of carbonyl (C=O) groups is 2. The van der Waals surface area contributed by atoms with E-state index in [0.717, 1.165) is 6.08 Å². The molecule has 1 saturated carbocycles. The van der Waals surface area contributed by atoms with Gasteiger partial charge in [0.25, 0.3) is 5.78 Å². The van der Waals surface area contributed by atoms with Crippen LogP contribution in [0, 0.1) is 0 Å². The van der Waals surface area contributed by atoms with E-state index in [9.17, 15) is 14.7 Å². The van der Waals surface area contributed by atoms with Crippen molar-refractivity contribution in [2.24, 2.45) is 0 Å². The fourth-order valence-electron chi connectivity index (χ4n) is 1.72. The van der Waals surface area contributed by atoms with Crippen molar-refractivity contribution in [3.63, 3.8) is 0 Å². The number of aliphatic hydroxyl groups is 1. The number of hydrogen-bond donors (Lipinski definition) is 2. The Hall–Kier alpha value is -1.20. The van der Waals surface area contributed by atoms with Gasteiger partial charge in [-0.2, -0.15) is 0 Å². The Morgan fingerprint density at radius 1 is 1.50 bits per heavy atom. The highest BCUT2D eigenvalue weighted by molar-refractivity contribution is 6.37. The Balaban J connectivity index is 2.07. The predicted molar refractivity (Wildman–Crippen MR) is 44.6 cm³/mol. The first-order valence-electron chi connectivity index (χ1n) is 4.41. The van der Waals surface area contributed by atoms with Crippen LogP contribution >= 0.6 is 0 Å². The summed E-state index contributed by atoms with van der Waals surface area (Å²) in [5.74, 6) is -2.38. The minimum absolute atomic E-state index is 0.225. The lowest BCUT2D eigenvalue weighted by Gasteiger charge is -2.13. The Morgan fingerprint density at radius 2 is 2.21 bits per heavy atom. The van der Waals surface area contributed by atoms with Gasteiger partial charge in [0.05, 0.1) is 6.10 Å². The van der Waals surface area contributed by atoms with Gasteiger partial charge < -0.3 is 14.9 Å². The van der Waals surface area contributed by atoms with Crippen molar-refractivity contribution < 1.29 is 24.5 Å². The Kier molecular flexibility index (Phi) is 2.13. The maximum Gasteiger partial charge on any atom is 0.376 e. The average molecular weight is 198 g/mol. The lowest BCUT2D eigenvalue weighted by Crippen LogP contribution is -2.23. The zero-order valence-corrected chi connectivity index (χ0v) is 7.34. The van der Waals surface area contributed by atoms with E-state index in [2.05, 4.69) is 0 Å². The summed E-state index contributed by atoms with van der Waals surface area (Å²) in [5, 5.41) is 17.7. The molecule has 0 amide bonds. The van der Waals surface area contributed by atoms with E-state index in [0.29, 0.717) is 18.4 Å². The zero-order chi connectivity index (χ0) is 10.3. The van der Waals surface area contributed by atoms with E-state index in [1.165, 1.54) is 0 Å². The van der Waals surface area contributed by atoms with Crippen molar-refractivity contribution in [2.45, 2.75) is 31.2 Å². The zero-order valence-electron chi connectivity index (χ0n) is 7.34. The number of aliphatic carboxylic acids is 1. The number of carboxylic acids is 1. The molecule has 0 spiro atoms. The second-order valence-corrected chi connectivity index (χ2v) is 3.52. The highest BCUT2D eigenvalue weighted by Gasteiger charge is 2.49. The molecule has 0 aromatic carbocycles. The largest absolute Gasteiger partial charge is 0.475 e. The molecular formula is C9H10O5. The van der Waals surface area contributed by atoms with E-state index in [1.54, 1.807) is 0 Å².